The second kappa shape index (κ2) is 10.7. The van der Waals surface area contributed by atoms with E-state index in [4.69, 9.17) is 12.2 Å². The predicted molar refractivity (Wildman–Crippen MR) is 141 cm³/mol. The molecule has 35 heavy (non-hydrogen) atoms. The largest absolute Gasteiger partial charge is 0.573 e. The smallest absolute Gasteiger partial charge is 0.406 e. The summed E-state index contributed by atoms with van der Waals surface area (Å²) in [7, 11) is 0. The molecule has 0 atom stereocenters. The Morgan fingerprint density at radius 2 is 1.83 bits per heavy atom. The summed E-state index contributed by atoms with van der Waals surface area (Å²) in [6, 6.07) is 19.9. The van der Waals surface area contributed by atoms with Crippen molar-refractivity contribution in [2.24, 2.45) is 4.99 Å². The van der Waals surface area contributed by atoms with Crippen LogP contribution < -0.4 is 4.74 Å². The Morgan fingerprint density at radius 1 is 1.09 bits per heavy atom. The first kappa shape index (κ1) is 25.0. The summed E-state index contributed by atoms with van der Waals surface area (Å²) in [6.07, 6.45) is -2.19. The molecule has 0 amide bonds. The van der Waals surface area contributed by atoms with Gasteiger partial charge in [0.2, 0.25) is 0 Å². The van der Waals surface area contributed by atoms with Gasteiger partial charge in [0.05, 0.1) is 16.8 Å². The molecular weight excluding hydrogens is 489 g/mol. The third-order valence-corrected chi connectivity index (χ3v) is 6.68. The van der Waals surface area contributed by atoms with Crippen molar-refractivity contribution in [1.82, 2.24) is 4.98 Å². The zero-order chi connectivity index (χ0) is 25.0. The van der Waals surface area contributed by atoms with E-state index in [1.807, 2.05) is 24.3 Å². The number of benzene rings is 3. The number of hydrogen-bond acceptors (Lipinski definition) is 5. The monoisotopic (exact) mass is 512 g/mol. The molecule has 0 radical (unpaired) electrons. The van der Waals surface area contributed by atoms with Crippen molar-refractivity contribution in [3.05, 3.63) is 83.4 Å². The van der Waals surface area contributed by atoms with E-state index in [0.29, 0.717) is 12.5 Å². The van der Waals surface area contributed by atoms with Gasteiger partial charge in [0.25, 0.3) is 0 Å². The van der Waals surface area contributed by atoms with Gasteiger partial charge in [-0.1, -0.05) is 56.4 Å². The van der Waals surface area contributed by atoms with Crippen molar-refractivity contribution < 1.29 is 17.9 Å². The minimum Gasteiger partial charge on any atom is -0.406 e. The molecule has 8 heteroatoms. The van der Waals surface area contributed by atoms with Crippen molar-refractivity contribution in [3.8, 4) is 16.3 Å². The Balaban J connectivity index is 1.42. The number of aliphatic imine (C=N–C) groups is 1. The van der Waals surface area contributed by atoms with Crippen LogP contribution >= 0.6 is 23.6 Å². The Labute approximate surface area is 211 Å². The SMILES string of the molecule is CC(C)c1ccccc1CC(=S)CN=Cc1ccc2sc(-c3ccc(OC(F)(F)F)cc3)nc2c1. The number of fused-ring (bicyclic) bond motifs is 1. The van der Waals surface area contributed by atoms with Gasteiger partial charge < -0.3 is 4.74 Å². The van der Waals surface area contributed by atoms with Crippen LogP contribution in [0, 0.1) is 0 Å². The number of aromatic nitrogens is 1. The normalized spacial score (nSPS) is 12.1. The van der Waals surface area contributed by atoms with Crippen LogP contribution in [0.15, 0.2) is 71.7 Å². The molecule has 0 aliphatic heterocycles. The molecule has 3 nitrogen and oxygen atoms in total. The number of alkyl halides is 3. The molecular formula is C27H23F3N2OS2. The minimum atomic E-state index is -4.71. The maximum atomic E-state index is 12.4. The van der Waals surface area contributed by atoms with Gasteiger partial charge in [-0.2, -0.15) is 0 Å². The lowest BCUT2D eigenvalue weighted by Crippen LogP contribution is -2.16. The molecule has 0 N–H and O–H groups in total. The van der Waals surface area contributed by atoms with Crippen LogP contribution in [0.1, 0.15) is 36.5 Å². The van der Waals surface area contributed by atoms with Crippen LogP contribution in [0.25, 0.3) is 20.8 Å². The predicted octanol–water partition coefficient (Wildman–Crippen LogP) is 8.02. The van der Waals surface area contributed by atoms with E-state index in [9.17, 15) is 13.2 Å². The summed E-state index contributed by atoms with van der Waals surface area (Å²) in [5, 5.41) is 0.720. The highest BCUT2D eigenvalue weighted by Crippen LogP contribution is 2.32. The third kappa shape index (κ3) is 6.74. The molecule has 0 saturated carbocycles. The Morgan fingerprint density at radius 3 is 2.54 bits per heavy atom. The van der Waals surface area contributed by atoms with Crippen molar-refractivity contribution in [2.45, 2.75) is 32.5 Å². The van der Waals surface area contributed by atoms with E-state index < -0.39 is 6.36 Å². The maximum Gasteiger partial charge on any atom is 0.573 e. The zero-order valence-corrected chi connectivity index (χ0v) is 20.8. The van der Waals surface area contributed by atoms with Gasteiger partial charge in [0.15, 0.2) is 0 Å². The molecule has 0 saturated heterocycles. The van der Waals surface area contributed by atoms with Crippen molar-refractivity contribution in [3.63, 3.8) is 0 Å². The van der Waals surface area contributed by atoms with Gasteiger partial charge in [0, 0.05) is 23.1 Å². The average molecular weight is 513 g/mol. The standard InChI is InChI=1S/C27H23F3N2OS2/c1-17(2)23-6-4-3-5-20(23)14-22(34)16-31-15-18-7-12-25-24(13-18)32-26(35-25)19-8-10-21(11-9-19)33-27(28,29)30/h3-13,15,17H,14,16H2,1-2H3. The summed E-state index contributed by atoms with van der Waals surface area (Å²) in [6.45, 7) is 4.82. The van der Waals surface area contributed by atoms with Gasteiger partial charge in [-0.25, -0.2) is 4.98 Å². The Hall–Kier alpha value is -3.10. The van der Waals surface area contributed by atoms with Crippen LogP contribution in [-0.4, -0.2) is 29.0 Å². The molecule has 4 rings (SSSR count). The van der Waals surface area contributed by atoms with Crippen LogP contribution in [0.2, 0.25) is 0 Å². The number of nitrogens with zero attached hydrogens (tertiary/aromatic N) is 2. The molecule has 0 unspecified atom stereocenters. The number of rotatable bonds is 8. The molecule has 3 aromatic carbocycles. The topological polar surface area (TPSA) is 34.5 Å². The fourth-order valence-electron chi connectivity index (χ4n) is 3.73. The van der Waals surface area contributed by atoms with E-state index in [-0.39, 0.29) is 5.75 Å². The number of thiocarbonyl (C=S) groups is 1. The highest BCUT2D eigenvalue weighted by Gasteiger charge is 2.31. The van der Waals surface area contributed by atoms with E-state index in [1.54, 1.807) is 18.3 Å². The summed E-state index contributed by atoms with van der Waals surface area (Å²) < 4.78 is 42.0. The Kier molecular flexibility index (Phi) is 7.62. The highest BCUT2D eigenvalue weighted by atomic mass is 32.1. The minimum absolute atomic E-state index is 0.258. The van der Waals surface area contributed by atoms with Gasteiger partial charge >= 0.3 is 6.36 Å². The lowest BCUT2D eigenvalue weighted by atomic mass is 9.94. The quantitative estimate of drug-likeness (QED) is 0.177. The number of hydrogen-bond donors (Lipinski definition) is 0. The molecule has 1 aromatic heterocycles. The summed E-state index contributed by atoms with van der Waals surface area (Å²) in [5.74, 6) is 0.185. The third-order valence-electron chi connectivity index (χ3n) is 5.32. The van der Waals surface area contributed by atoms with E-state index in [0.717, 1.165) is 37.6 Å². The van der Waals surface area contributed by atoms with Crippen LogP contribution in [0.3, 0.4) is 0 Å². The first-order valence-corrected chi connectivity index (χ1v) is 12.3. The molecule has 0 aliphatic carbocycles. The molecule has 1 heterocycles. The lowest BCUT2D eigenvalue weighted by molar-refractivity contribution is -0.274. The van der Waals surface area contributed by atoms with Gasteiger partial charge in [-0.05, 0) is 59.0 Å². The zero-order valence-electron chi connectivity index (χ0n) is 19.2. The summed E-state index contributed by atoms with van der Waals surface area (Å²) >= 11 is 7.05. The van der Waals surface area contributed by atoms with E-state index >= 15 is 0 Å². The first-order chi connectivity index (χ1) is 16.7. The highest BCUT2D eigenvalue weighted by molar-refractivity contribution is 7.80. The molecule has 0 bridgehead atoms. The van der Waals surface area contributed by atoms with Gasteiger partial charge in [-0.3, -0.25) is 4.99 Å². The molecule has 0 fully saturated rings. The second-order valence-corrected chi connectivity index (χ2v) is 9.97. The lowest BCUT2D eigenvalue weighted by Gasteiger charge is -2.12. The van der Waals surface area contributed by atoms with Gasteiger partial charge in [0.1, 0.15) is 10.8 Å². The molecule has 0 aliphatic rings. The van der Waals surface area contributed by atoms with E-state index in [2.05, 4.69) is 46.8 Å². The average Bonchev–Trinajstić information content (AvgIpc) is 3.22. The Bertz CT molecular complexity index is 1360. The van der Waals surface area contributed by atoms with Crippen LogP contribution in [-0.2, 0) is 6.42 Å². The second-order valence-electron chi connectivity index (χ2n) is 8.36. The summed E-state index contributed by atoms with van der Waals surface area (Å²) in [5.41, 5.74) is 5.00. The fraction of sp³-hybridized carbons (Fsp3) is 0.222. The van der Waals surface area contributed by atoms with Crippen LogP contribution in [0.4, 0.5) is 13.2 Å². The maximum absolute atomic E-state index is 12.4. The molecule has 0 spiro atoms. The van der Waals surface area contributed by atoms with Crippen molar-refractivity contribution in [1.29, 1.82) is 0 Å². The first-order valence-electron chi connectivity index (χ1n) is 11.0. The molecule has 4 aromatic rings. The van der Waals surface area contributed by atoms with Crippen LogP contribution in [0.5, 0.6) is 5.75 Å². The number of ether oxygens (including phenoxy) is 1. The van der Waals surface area contributed by atoms with E-state index in [1.165, 1.54) is 34.6 Å². The van der Waals surface area contributed by atoms with Crippen molar-refractivity contribution >= 4 is 44.9 Å². The fourth-order valence-corrected chi connectivity index (χ4v) is 4.91. The number of thiazole rings is 1. The number of halogens is 3. The molecule has 180 valence electrons. The van der Waals surface area contributed by atoms with Crippen molar-refractivity contribution in [2.75, 3.05) is 6.54 Å². The van der Waals surface area contributed by atoms with Gasteiger partial charge in [-0.15, -0.1) is 24.5 Å². The summed E-state index contributed by atoms with van der Waals surface area (Å²) in [4.78, 5) is 10.0.